The maximum atomic E-state index is 8.73. The third-order valence-electron chi connectivity index (χ3n) is 2.96. The fourth-order valence-electron chi connectivity index (χ4n) is 1.71. The molecule has 1 aromatic heterocycles. The van der Waals surface area contributed by atoms with Crippen molar-refractivity contribution in [2.75, 3.05) is 19.8 Å². The van der Waals surface area contributed by atoms with Gasteiger partial charge in [-0.1, -0.05) is 0 Å². The molecule has 0 aliphatic heterocycles. The molecule has 0 amide bonds. The van der Waals surface area contributed by atoms with Crippen LogP contribution >= 0.6 is 0 Å². The number of ether oxygens (including phenoxy) is 1. The lowest BCUT2D eigenvalue weighted by Gasteiger charge is -2.05. The number of nitrogens with one attached hydrogen (secondary N) is 1. The molecule has 1 aliphatic rings. The summed E-state index contributed by atoms with van der Waals surface area (Å²) < 4.78 is 5.55. The molecule has 1 heterocycles. The van der Waals surface area contributed by atoms with E-state index in [9.17, 15) is 0 Å². The Bertz CT molecular complexity index is 410. The molecule has 0 aromatic carbocycles. The molecule has 1 aliphatic carbocycles. The fraction of sp³-hybridized carbons (Fsp3) is 0.571. The molecule has 1 saturated carbocycles. The van der Waals surface area contributed by atoms with E-state index in [0.717, 1.165) is 44.2 Å². The average molecular weight is 245 g/mol. The zero-order valence-corrected chi connectivity index (χ0v) is 10.6. The molecule has 1 N–H and O–H groups in total. The van der Waals surface area contributed by atoms with E-state index < -0.39 is 0 Å². The van der Waals surface area contributed by atoms with Crippen LogP contribution in [0.15, 0.2) is 18.3 Å². The molecule has 0 atom stereocenters. The average Bonchev–Trinajstić information content (AvgIpc) is 3.22. The van der Waals surface area contributed by atoms with Gasteiger partial charge in [-0.15, -0.1) is 0 Å². The van der Waals surface area contributed by atoms with Gasteiger partial charge in [0.15, 0.2) is 0 Å². The van der Waals surface area contributed by atoms with Crippen molar-refractivity contribution in [3.63, 3.8) is 0 Å². The van der Waals surface area contributed by atoms with Crippen LogP contribution in [0.2, 0.25) is 0 Å². The predicted octanol–water partition coefficient (Wildman–Crippen LogP) is 1.86. The molecule has 0 spiro atoms. The summed E-state index contributed by atoms with van der Waals surface area (Å²) in [5.41, 5.74) is 1.57. The van der Waals surface area contributed by atoms with Crippen molar-refractivity contribution < 1.29 is 4.74 Å². The summed E-state index contributed by atoms with van der Waals surface area (Å²) in [4.78, 5) is 3.94. The zero-order chi connectivity index (χ0) is 12.6. The van der Waals surface area contributed by atoms with Crippen LogP contribution in [-0.2, 0) is 11.3 Å². The summed E-state index contributed by atoms with van der Waals surface area (Å²) in [6.45, 7) is 3.49. The van der Waals surface area contributed by atoms with Gasteiger partial charge < -0.3 is 10.1 Å². The Balaban J connectivity index is 1.52. The molecule has 96 valence electrons. The topological polar surface area (TPSA) is 57.9 Å². The van der Waals surface area contributed by atoms with Crippen molar-refractivity contribution in [2.45, 2.75) is 25.8 Å². The van der Waals surface area contributed by atoms with Crippen molar-refractivity contribution in [3.8, 4) is 6.07 Å². The number of nitrogens with zero attached hydrogens (tertiary/aromatic N) is 2. The summed E-state index contributed by atoms with van der Waals surface area (Å²) in [5, 5.41) is 12.1. The minimum atomic E-state index is 0.474. The smallest absolute Gasteiger partial charge is 0.140 e. The summed E-state index contributed by atoms with van der Waals surface area (Å²) in [6, 6.07) is 5.79. The Morgan fingerprint density at radius 2 is 2.39 bits per heavy atom. The predicted molar refractivity (Wildman–Crippen MR) is 68.8 cm³/mol. The molecule has 0 saturated heterocycles. The highest BCUT2D eigenvalue weighted by Gasteiger charge is 2.20. The third kappa shape index (κ3) is 4.82. The molecule has 1 aromatic rings. The number of nitriles is 1. The summed E-state index contributed by atoms with van der Waals surface area (Å²) in [6.07, 6.45) is 5.40. The normalized spacial score (nSPS) is 14.4. The Morgan fingerprint density at radius 1 is 1.50 bits per heavy atom. The largest absolute Gasteiger partial charge is 0.381 e. The van der Waals surface area contributed by atoms with Crippen molar-refractivity contribution in [1.82, 2.24) is 10.3 Å². The summed E-state index contributed by atoms with van der Waals surface area (Å²) >= 11 is 0. The number of pyridine rings is 1. The van der Waals surface area contributed by atoms with Crippen molar-refractivity contribution in [1.29, 1.82) is 5.26 Å². The second kappa shape index (κ2) is 7.10. The van der Waals surface area contributed by atoms with Crippen LogP contribution in [0, 0.1) is 17.2 Å². The van der Waals surface area contributed by atoms with Crippen LogP contribution in [-0.4, -0.2) is 24.7 Å². The quantitative estimate of drug-likeness (QED) is 0.710. The van der Waals surface area contributed by atoms with Crippen LogP contribution in [0.3, 0.4) is 0 Å². The first-order chi connectivity index (χ1) is 8.88. The highest BCUT2D eigenvalue weighted by molar-refractivity contribution is 5.25. The molecule has 0 bridgehead atoms. The van der Waals surface area contributed by atoms with E-state index in [-0.39, 0.29) is 0 Å². The van der Waals surface area contributed by atoms with E-state index in [1.807, 2.05) is 18.2 Å². The molecular weight excluding hydrogens is 226 g/mol. The first-order valence-electron chi connectivity index (χ1n) is 6.52. The van der Waals surface area contributed by atoms with Gasteiger partial charge in [0.05, 0.1) is 0 Å². The minimum absolute atomic E-state index is 0.474. The highest BCUT2D eigenvalue weighted by Crippen LogP contribution is 2.28. The first kappa shape index (κ1) is 13.0. The summed E-state index contributed by atoms with van der Waals surface area (Å²) in [7, 11) is 0. The monoisotopic (exact) mass is 245 g/mol. The van der Waals surface area contributed by atoms with Gasteiger partial charge in [0.1, 0.15) is 11.8 Å². The van der Waals surface area contributed by atoms with E-state index in [4.69, 9.17) is 10.00 Å². The van der Waals surface area contributed by atoms with Gasteiger partial charge in [0.25, 0.3) is 0 Å². The Kier molecular flexibility index (Phi) is 5.13. The number of hydrogen-bond donors (Lipinski definition) is 1. The molecule has 0 radical (unpaired) electrons. The standard InChI is InChI=1S/C14H19N3O/c15-9-14-8-13(4-6-17-14)10-16-5-1-7-18-11-12-2-3-12/h4,6,8,12,16H,1-3,5,7,10-11H2. The van der Waals surface area contributed by atoms with Gasteiger partial charge >= 0.3 is 0 Å². The maximum Gasteiger partial charge on any atom is 0.140 e. The second-order valence-electron chi connectivity index (χ2n) is 4.71. The lowest BCUT2D eigenvalue weighted by molar-refractivity contribution is 0.122. The van der Waals surface area contributed by atoms with Gasteiger partial charge in [-0.25, -0.2) is 4.98 Å². The van der Waals surface area contributed by atoms with E-state index in [0.29, 0.717) is 5.69 Å². The van der Waals surface area contributed by atoms with Crippen LogP contribution in [0.5, 0.6) is 0 Å². The van der Waals surface area contributed by atoms with E-state index in [1.165, 1.54) is 12.8 Å². The molecule has 4 heteroatoms. The molecule has 2 rings (SSSR count). The number of rotatable bonds is 8. The van der Waals surface area contributed by atoms with E-state index in [2.05, 4.69) is 10.3 Å². The van der Waals surface area contributed by atoms with Gasteiger partial charge in [0, 0.05) is 26.0 Å². The van der Waals surface area contributed by atoms with Gasteiger partial charge in [-0.05, 0) is 49.4 Å². The lowest BCUT2D eigenvalue weighted by Crippen LogP contribution is -2.16. The van der Waals surface area contributed by atoms with E-state index >= 15 is 0 Å². The molecular formula is C14H19N3O. The van der Waals surface area contributed by atoms with Crippen LogP contribution < -0.4 is 5.32 Å². The second-order valence-corrected chi connectivity index (χ2v) is 4.71. The van der Waals surface area contributed by atoms with Gasteiger partial charge in [-0.3, -0.25) is 0 Å². The SMILES string of the molecule is N#Cc1cc(CNCCCOCC2CC2)ccn1. The number of aromatic nitrogens is 1. The van der Waals surface area contributed by atoms with Crippen molar-refractivity contribution >= 4 is 0 Å². The third-order valence-corrected chi connectivity index (χ3v) is 2.96. The van der Waals surface area contributed by atoms with E-state index in [1.54, 1.807) is 6.20 Å². The van der Waals surface area contributed by atoms with Crippen LogP contribution in [0.4, 0.5) is 0 Å². The first-order valence-corrected chi connectivity index (χ1v) is 6.52. The Hall–Kier alpha value is -1.44. The van der Waals surface area contributed by atoms with Gasteiger partial charge in [-0.2, -0.15) is 5.26 Å². The Morgan fingerprint density at radius 3 is 3.17 bits per heavy atom. The fourth-order valence-corrected chi connectivity index (χ4v) is 1.71. The molecule has 18 heavy (non-hydrogen) atoms. The zero-order valence-electron chi connectivity index (χ0n) is 10.6. The highest BCUT2D eigenvalue weighted by atomic mass is 16.5. The maximum absolute atomic E-state index is 8.73. The van der Waals surface area contributed by atoms with Crippen molar-refractivity contribution in [3.05, 3.63) is 29.6 Å². The van der Waals surface area contributed by atoms with Crippen LogP contribution in [0.25, 0.3) is 0 Å². The minimum Gasteiger partial charge on any atom is -0.381 e. The summed E-state index contributed by atoms with van der Waals surface area (Å²) in [5.74, 6) is 0.846. The molecule has 0 unspecified atom stereocenters. The van der Waals surface area contributed by atoms with Crippen LogP contribution in [0.1, 0.15) is 30.5 Å². The van der Waals surface area contributed by atoms with Gasteiger partial charge in [0.2, 0.25) is 0 Å². The number of hydrogen-bond acceptors (Lipinski definition) is 4. The molecule has 1 fully saturated rings. The lowest BCUT2D eigenvalue weighted by atomic mass is 10.2. The molecule has 4 nitrogen and oxygen atoms in total. The Labute approximate surface area is 108 Å². The van der Waals surface area contributed by atoms with Crippen molar-refractivity contribution in [2.24, 2.45) is 5.92 Å².